The number of hydrogen-bond acceptors (Lipinski definition) is 2. The Morgan fingerprint density at radius 2 is 1.76 bits per heavy atom. The van der Waals surface area contributed by atoms with Gasteiger partial charge in [0.2, 0.25) is 5.91 Å². The van der Waals surface area contributed by atoms with Gasteiger partial charge in [0.15, 0.2) is 0 Å². The molecule has 0 aromatic rings. The van der Waals surface area contributed by atoms with Crippen molar-refractivity contribution in [3.63, 3.8) is 0 Å². The van der Waals surface area contributed by atoms with Crippen molar-refractivity contribution >= 4 is 5.91 Å². The summed E-state index contributed by atoms with van der Waals surface area (Å²) in [4.78, 5) is 12.0. The van der Waals surface area contributed by atoms with E-state index in [2.05, 4.69) is 0 Å². The van der Waals surface area contributed by atoms with E-state index < -0.39 is 0 Å². The van der Waals surface area contributed by atoms with Gasteiger partial charge in [0, 0.05) is 13.2 Å². The standard InChI is InChI=1S/C14H23NO2/c15-13(16)14-5-1-10(2-6-14)9-12(14)11-3-7-17-8-4-11/h10-12H,1-9H2,(H2,15,16). The van der Waals surface area contributed by atoms with Crippen molar-refractivity contribution in [2.45, 2.75) is 44.9 Å². The Hall–Kier alpha value is -0.570. The molecule has 4 rings (SSSR count). The maximum atomic E-state index is 12.0. The first-order chi connectivity index (χ1) is 8.22. The van der Waals surface area contributed by atoms with Gasteiger partial charge in [-0.05, 0) is 62.7 Å². The maximum absolute atomic E-state index is 12.0. The predicted molar refractivity (Wildman–Crippen MR) is 65.2 cm³/mol. The third-order valence-electron chi connectivity index (χ3n) is 5.62. The molecule has 3 heteroatoms. The third-order valence-corrected chi connectivity index (χ3v) is 5.62. The summed E-state index contributed by atoms with van der Waals surface area (Å²) in [6.07, 6.45) is 8.06. The molecule has 0 spiro atoms. The van der Waals surface area contributed by atoms with Crippen LogP contribution in [0.4, 0.5) is 0 Å². The molecule has 1 unspecified atom stereocenters. The second-order valence-corrected chi connectivity index (χ2v) is 6.26. The lowest BCUT2D eigenvalue weighted by Gasteiger charge is -2.53. The van der Waals surface area contributed by atoms with Gasteiger partial charge in [0.25, 0.3) is 0 Å². The monoisotopic (exact) mass is 237 g/mol. The minimum Gasteiger partial charge on any atom is -0.381 e. The van der Waals surface area contributed by atoms with E-state index in [0.717, 1.165) is 44.8 Å². The van der Waals surface area contributed by atoms with E-state index >= 15 is 0 Å². The van der Waals surface area contributed by atoms with Crippen LogP contribution in [0, 0.1) is 23.2 Å². The van der Waals surface area contributed by atoms with E-state index in [9.17, 15) is 4.79 Å². The Labute approximate surface area is 103 Å². The van der Waals surface area contributed by atoms with Crippen LogP contribution in [0.25, 0.3) is 0 Å². The number of ether oxygens (including phenoxy) is 1. The number of primary amides is 1. The molecule has 1 atom stereocenters. The largest absolute Gasteiger partial charge is 0.381 e. The topological polar surface area (TPSA) is 52.3 Å². The first-order valence-corrected chi connectivity index (χ1v) is 7.10. The number of rotatable bonds is 2. The van der Waals surface area contributed by atoms with Crippen LogP contribution in [-0.4, -0.2) is 19.1 Å². The van der Waals surface area contributed by atoms with Gasteiger partial charge in [-0.2, -0.15) is 0 Å². The van der Waals surface area contributed by atoms with E-state index in [-0.39, 0.29) is 11.3 Å². The van der Waals surface area contributed by atoms with E-state index in [1.807, 2.05) is 0 Å². The van der Waals surface area contributed by atoms with Gasteiger partial charge in [-0.1, -0.05) is 0 Å². The molecular formula is C14H23NO2. The summed E-state index contributed by atoms with van der Waals surface area (Å²) in [5.74, 6) is 2.08. The summed E-state index contributed by atoms with van der Waals surface area (Å²) < 4.78 is 5.45. The summed E-state index contributed by atoms with van der Waals surface area (Å²) >= 11 is 0. The quantitative estimate of drug-likeness (QED) is 0.799. The molecule has 3 saturated carbocycles. The van der Waals surface area contributed by atoms with Crippen LogP contribution in [0.1, 0.15) is 44.9 Å². The number of fused-ring (bicyclic) bond motifs is 3. The van der Waals surface area contributed by atoms with Crippen LogP contribution in [0.5, 0.6) is 0 Å². The molecule has 1 heterocycles. The fourth-order valence-electron chi connectivity index (χ4n) is 4.57. The van der Waals surface area contributed by atoms with Gasteiger partial charge in [-0.3, -0.25) is 4.79 Å². The zero-order chi connectivity index (χ0) is 11.9. The van der Waals surface area contributed by atoms with Crippen LogP contribution in [-0.2, 0) is 9.53 Å². The summed E-state index contributed by atoms with van der Waals surface area (Å²) in [5, 5.41) is 0. The lowest BCUT2D eigenvalue weighted by molar-refractivity contribution is -0.145. The zero-order valence-electron chi connectivity index (χ0n) is 10.5. The highest BCUT2D eigenvalue weighted by atomic mass is 16.5. The van der Waals surface area contributed by atoms with Crippen molar-refractivity contribution in [1.29, 1.82) is 0 Å². The Bertz CT molecular complexity index is 301. The highest BCUT2D eigenvalue weighted by molar-refractivity contribution is 5.81. The minimum atomic E-state index is -0.156. The van der Waals surface area contributed by atoms with Crippen LogP contribution in [0.15, 0.2) is 0 Å². The summed E-state index contributed by atoms with van der Waals surface area (Å²) in [7, 11) is 0. The first-order valence-electron chi connectivity index (χ1n) is 7.10. The molecule has 96 valence electrons. The smallest absolute Gasteiger partial charge is 0.223 e. The molecule has 2 N–H and O–H groups in total. The highest BCUT2D eigenvalue weighted by Crippen LogP contribution is 2.57. The molecule has 0 aromatic heterocycles. The van der Waals surface area contributed by atoms with Gasteiger partial charge in [-0.15, -0.1) is 0 Å². The maximum Gasteiger partial charge on any atom is 0.223 e. The highest BCUT2D eigenvalue weighted by Gasteiger charge is 2.53. The molecule has 4 fully saturated rings. The Morgan fingerprint density at radius 3 is 2.35 bits per heavy atom. The van der Waals surface area contributed by atoms with Crippen molar-refractivity contribution < 1.29 is 9.53 Å². The third kappa shape index (κ3) is 1.79. The number of carbonyl (C=O) groups is 1. The SMILES string of the molecule is NC(=O)C12CCC(CC1)CC2C1CCOCC1. The molecule has 4 aliphatic rings. The van der Waals surface area contributed by atoms with Gasteiger partial charge in [0.1, 0.15) is 0 Å². The number of hydrogen-bond donors (Lipinski definition) is 1. The average Bonchev–Trinajstić information content (AvgIpc) is 2.41. The second kappa shape index (κ2) is 4.27. The minimum absolute atomic E-state index is 0.0212. The normalized spacial score (nSPS) is 42.6. The number of amides is 1. The summed E-state index contributed by atoms with van der Waals surface area (Å²) in [6, 6.07) is 0. The number of carbonyl (C=O) groups excluding carboxylic acids is 1. The Morgan fingerprint density at radius 1 is 1.12 bits per heavy atom. The van der Waals surface area contributed by atoms with Crippen molar-refractivity contribution in [2.75, 3.05) is 13.2 Å². The van der Waals surface area contributed by atoms with Crippen LogP contribution in [0.3, 0.4) is 0 Å². The molecule has 3 aliphatic carbocycles. The molecule has 0 aromatic carbocycles. The molecule has 3 nitrogen and oxygen atoms in total. The van der Waals surface area contributed by atoms with Gasteiger partial charge in [-0.25, -0.2) is 0 Å². The van der Waals surface area contributed by atoms with Gasteiger partial charge in [0.05, 0.1) is 5.41 Å². The van der Waals surface area contributed by atoms with Crippen LogP contribution < -0.4 is 5.73 Å². The van der Waals surface area contributed by atoms with Crippen molar-refractivity contribution in [2.24, 2.45) is 28.9 Å². The summed E-state index contributed by atoms with van der Waals surface area (Å²) in [6.45, 7) is 1.75. The average molecular weight is 237 g/mol. The fraction of sp³-hybridized carbons (Fsp3) is 0.929. The molecule has 1 aliphatic heterocycles. The molecule has 1 amide bonds. The molecule has 2 bridgehead atoms. The van der Waals surface area contributed by atoms with E-state index in [0.29, 0.717) is 11.8 Å². The fourth-order valence-corrected chi connectivity index (χ4v) is 4.57. The molecule has 1 saturated heterocycles. The molecule has 17 heavy (non-hydrogen) atoms. The zero-order valence-corrected chi connectivity index (χ0v) is 10.5. The van der Waals surface area contributed by atoms with Crippen molar-refractivity contribution in [3.05, 3.63) is 0 Å². The van der Waals surface area contributed by atoms with Gasteiger partial charge < -0.3 is 10.5 Å². The van der Waals surface area contributed by atoms with E-state index in [1.165, 1.54) is 19.3 Å². The van der Waals surface area contributed by atoms with E-state index in [1.54, 1.807) is 0 Å². The van der Waals surface area contributed by atoms with Crippen molar-refractivity contribution in [1.82, 2.24) is 0 Å². The van der Waals surface area contributed by atoms with Gasteiger partial charge >= 0.3 is 0 Å². The molecular weight excluding hydrogens is 214 g/mol. The first kappa shape index (κ1) is 11.5. The second-order valence-electron chi connectivity index (χ2n) is 6.26. The van der Waals surface area contributed by atoms with Crippen LogP contribution in [0.2, 0.25) is 0 Å². The van der Waals surface area contributed by atoms with Crippen LogP contribution >= 0.6 is 0 Å². The lowest BCUT2D eigenvalue weighted by Crippen LogP contribution is -2.53. The Kier molecular flexibility index (Phi) is 2.89. The van der Waals surface area contributed by atoms with Crippen molar-refractivity contribution in [3.8, 4) is 0 Å². The lowest BCUT2D eigenvalue weighted by atomic mass is 9.51. The summed E-state index contributed by atoms with van der Waals surface area (Å²) in [5.41, 5.74) is 5.61. The predicted octanol–water partition coefficient (Wildman–Crippen LogP) is 2.09. The number of nitrogens with two attached hydrogens (primary N) is 1. The Balaban J connectivity index is 1.83. The molecule has 0 radical (unpaired) electrons. The van der Waals surface area contributed by atoms with E-state index in [4.69, 9.17) is 10.5 Å².